The molecule has 1 heterocycles. The molecule has 0 radical (unpaired) electrons. The summed E-state index contributed by atoms with van der Waals surface area (Å²) >= 11 is 1.56. The first-order valence-electron chi connectivity index (χ1n) is 8.27. The quantitative estimate of drug-likeness (QED) is 0.608. The van der Waals surface area contributed by atoms with Gasteiger partial charge in [-0.3, -0.25) is 9.36 Å². The first-order valence-corrected chi connectivity index (χ1v) is 9.25. The molecule has 5 heteroatoms. The largest absolute Gasteiger partial charge is 0.300 e. The number of aromatic nitrogens is 3. The lowest BCUT2D eigenvalue weighted by Crippen LogP contribution is -2.01. The normalized spacial score (nSPS) is 10.8. The van der Waals surface area contributed by atoms with Crippen molar-refractivity contribution >= 4 is 17.5 Å². The van der Waals surface area contributed by atoms with Gasteiger partial charge in [-0.05, 0) is 44.0 Å². The van der Waals surface area contributed by atoms with E-state index < -0.39 is 0 Å². The predicted octanol–water partition coefficient (Wildman–Crippen LogP) is 4.62. The molecule has 0 atom stereocenters. The predicted molar refractivity (Wildman–Crippen MR) is 102 cm³/mol. The summed E-state index contributed by atoms with van der Waals surface area (Å²) in [5.74, 6) is 1.70. The molecule has 1 aromatic heterocycles. The Hall–Kier alpha value is -2.40. The van der Waals surface area contributed by atoms with Crippen LogP contribution < -0.4 is 0 Å². The van der Waals surface area contributed by atoms with Gasteiger partial charge in [0, 0.05) is 17.7 Å². The van der Waals surface area contributed by atoms with E-state index in [1.54, 1.807) is 18.7 Å². The Bertz CT molecular complexity index is 887. The van der Waals surface area contributed by atoms with Gasteiger partial charge in [0.25, 0.3) is 0 Å². The summed E-state index contributed by atoms with van der Waals surface area (Å²) in [7, 11) is 0. The van der Waals surface area contributed by atoms with Gasteiger partial charge in [-0.15, -0.1) is 10.2 Å². The second-order valence-corrected chi connectivity index (χ2v) is 7.14. The lowest BCUT2D eigenvalue weighted by Gasteiger charge is -2.12. The number of ketones is 1. The molecule has 0 amide bonds. The van der Waals surface area contributed by atoms with E-state index in [1.807, 2.05) is 30.3 Å². The molecule has 0 bridgehead atoms. The smallest absolute Gasteiger partial charge is 0.196 e. The van der Waals surface area contributed by atoms with Gasteiger partial charge in [-0.2, -0.15) is 0 Å². The zero-order valence-electron chi connectivity index (χ0n) is 14.7. The number of nitrogens with zero attached hydrogens (tertiary/aromatic N) is 3. The van der Waals surface area contributed by atoms with Gasteiger partial charge >= 0.3 is 0 Å². The van der Waals surface area contributed by atoms with Gasteiger partial charge < -0.3 is 0 Å². The van der Waals surface area contributed by atoms with Crippen LogP contribution in [0.5, 0.6) is 0 Å². The highest BCUT2D eigenvalue weighted by Gasteiger charge is 2.16. The summed E-state index contributed by atoms with van der Waals surface area (Å²) in [6, 6.07) is 16.4. The molecule has 128 valence electrons. The van der Waals surface area contributed by atoms with E-state index in [1.165, 1.54) is 11.1 Å². The van der Waals surface area contributed by atoms with E-state index in [-0.39, 0.29) is 5.78 Å². The van der Waals surface area contributed by atoms with Crippen LogP contribution >= 0.6 is 11.8 Å². The monoisotopic (exact) mass is 351 g/mol. The Labute approximate surface area is 152 Å². The van der Waals surface area contributed by atoms with Crippen LogP contribution in [0, 0.1) is 13.8 Å². The molecular formula is C20H21N3OS. The standard InChI is InChI=1S/C20H21N3OS/c1-14-9-10-18(13-15(14)2)23-19(17-7-5-4-6-8-17)21-22-20(23)25-12-11-16(3)24/h4-10,13H,11-12H2,1-3H3. The summed E-state index contributed by atoms with van der Waals surface area (Å²) in [5.41, 5.74) is 4.54. The molecule has 4 nitrogen and oxygen atoms in total. The van der Waals surface area contributed by atoms with Gasteiger partial charge in [0.15, 0.2) is 11.0 Å². The molecule has 0 saturated carbocycles. The maximum absolute atomic E-state index is 11.2. The number of rotatable bonds is 6. The minimum atomic E-state index is 0.188. The number of carbonyl (C=O) groups is 1. The molecule has 0 fully saturated rings. The average molecular weight is 351 g/mol. The third-order valence-corrected chi connectivity index (χ3v) is 5.03. The van der Waals surface area contributed by atoms with Crippen LogP contribution in [0.3, 0.4) is 0 Å². The molecular weight excluding hydrogens is 330 g/mol. The van der Waals surface area contributed by atoms with Crippen LogP contribution in [0.25, 0.3) is 17.1 Å². The Balaban J connectivity index is 2.06. The number of Topliss-reactive ketones (excluding diaryl/α,β-unsaturated/α-hetero) is 1. The summed E-state index contributed by atoms with van der Waals surface area (Å²) in [6.45, 7) is 5.82. The van der Waals surface area contributed by atoms with Crippen molar-refractivity contribution < 1.29 is 4.79 Å². The van der Waals surface area contributed by atoms with Crippen LogP contribution in [0.2, 0.25) is 0 Å². The van der Waals surface area contributed by atoms with Crippen LogP contribution in [0.1, 0.15) is 24.5 Å². The average Bonchev–Trinajstić information content (AvgIpc) is 3.02. The molecule has 0 N–H and O–H groups in total. The summed E-state index contributed by atoms with van der Waals surface area (Å²) < 4.78 is 2.08. The van der Waals surface area contributed by atoms with E-state index in [9.17, 15) is 4.79 Å². The molecule has 0 unspecified atom stereocenters. The SMILES string of the molecule is CC(=O)CCSc1nnc(-c2ccccc2)n1-c1ccc(C)c(C)c1. The fourth-order valence-corrected chi connectivity index (χ4v) is 3.51. The third kappa shape index (κ3) is 3.99. The molecule has 25 heavy (non-hydrogen) atoms. The summed E-state index contributed by atoms with van der Waals surface area (Å²) in [4.78, 5) is 11.2. The van der Waals surface area contributed by atoms with Crippen LogP contribution in [0.4, 0.5) is 0 Å². The number of benzene rings is 2. The van der Waals surface area contributed by atoms with E-state index in [0.29, 0.717) is 12.2 Å². The van der Waals surface area contributed by atoms with E-state index in [2.05, 4.69) is 46.8 Å². The molecule has 2 aromatic carbocycles. The molecule has 0 aliphatic carbocycles. The highest BCUT2D eigenvalue weighted by molar-refractivity contribution is 7.99. The van der Waals surface area contributed by atoms with Crippen molar-refractivity contribution in [3.8, 4) is 17.1 Å². The Kier molecular flexibility index (Phi) is 5.34. The minimum absolute atomic E-state index is 0.188. The Morgan fingerprint density at radius 1 is 1.04 bits per heavy atom. The third-order valence-electron chi connectivity index (χ3n) is 4.10. The number of carbonyl (C=O) groups excluding carboxylic acids is 1. The fraction of sp³-hybridized carbons (Fsp3) is 0.250. The Morgan fingerprint density at radius 2 is 1.80 bits per heavy atom. The number of aryl methyl sites for hydroxylation is 2. The van der Waals surface area contributed by atoms with Crippen LogP contribution in [0.15, 0.2) is 53.7 Å². The second-order valence-electron chi connectivity index (χ2n) is 6.08. The highest BCUT2D eigenvalue weighted by Crippen LogP contribution is 2.29. The van der Waals surface area contributed by atoms with Gasteiger partial charge in [-0.25, -0.2) is 0 Å². The highest BCUT2D eigenvalue weighted by atomic mass is 32.2. The minimum Gasteiger partial charge on any atom is -0.300 e. The van der Waals surface area contributed by atoms with Gasteiger partial charge in [0.2, 0.25) is 0 Å². The van der Waals surface area contributed by atoms with E-state index in [0.717, 1.165) is 22.2 Å². The van der Waals surface area contributed by atoms with E-state index in [4.69, 9.17) is 0 Å². The van der Waals surface area contributed by atoms with Crippen molar-refractivity contribution in [3.05, 3.63) is 59.7 Å². The maximum Gasteiger partial charge on any atom is 0.196 e. The molecule has 0 aliphatic heterocycles. The summed E-state index contributed by atoms with van der Waals surface area (Å²) in [5, 5.41) is 9.61. The van der Waals surface area contributed by atoms with Gasteiger partial charge in [-0.1, -0.05) is 48.2 Å². The lowest BCUT2D eigenvalue weighted by molar-refractivity contribution is -0.116. The molecule has 3 rings (SSSR count). The molecule has 0 spiro atoms. The summed E-state index contributed by atoms with van der Waals surface area (Å²) in [6.07, 6.45) is 0.533. The van der Waals surface area contributed by atoms with E-state index >= 15 is 0 Å². The maximum atomic E-state index is 11.2. The van der Waals surface area contributed by atoms with Gasteiger partial charge in [0.1, 0.15) is 5.78 Å². The van der Waals surface area contributed by atoms with Crippen molar-refractivity contribution in [3.63, 3.8) is 0 Å². The van der Waals surface area contributed by atoms with Crippen molar-refractivity contribution in [1.82, 2.24) is 14.8 Å². The van der Waals surface area contributed by atoms with Crippen molar-refractivity contribution in [1.29, 1.82) is 0 Å². The molecule has 0 saturated heterocycles. The number of hydrogen-bond acceptors (Lipinski definition) is 4. The van der Waals surface area contributed by atoms with Crippen molar-refractivity contribution in [2.45, 2.75) is 32.3 Å². The van der Waals surface area contributed by atoms with Crippen molar-refractivity contribution in [2.24, 2.45) is 0 Å². The molecule has 0 aliphatic rings. The lowest BCUT2D eigenvalue weighted by atomic mass is 10.1. The van der Waals surface area contributed by atoms with Crippen LogP contribution in [-0.4, -0.2) is 26.3 Å². The number of thioether (sulfide) groups is 1. The zero-order chi connectivity index (χ0) is 17.8. The molecule has 3 aromatic rings. The zero-order valence-corrected chi connectivity index (χ0v) is 15.5. The fourth-order valence-electron chi connectivity index (χ4n) is 2.52. The first-order chi connectivity index (χ1) is 12.1. The van der Waals surface area contributed by atoms with Crippen LogP contribution in [-0.2, 0) is 4.79 Å². The number of hydrogen-bond donors (Lipinski definition) is 0. The topological polar surface area (TPSA) is 47.8 Å². The van der Waals surface area contributed by atoms with Gasteiger partial charge in [0.05, 0.1) is 5.69 Å². The van der Waals surface area contributed by atoms with Crippen molar-refractivity contribution in [2.75, 3.05) is 5.75 Å². The second kappa shape index (κ2) is 7.66. The Morgan fingerprint density at radius 3 is 2.48 bits per heavy atom. The first kappa shape index (κ1) is 17.4.